The Balaban J connectivity index is 2.02. The highest BCUT2D eigenvalue weighted by Gasteiger charge is 2.26. The second-order valence-corrected chi connectivity index (χ2v) is 6.38. The molecule has 2 N–H and O–H groups in total. The molecule has 0 atom stereocenters. The Bertz CT molecular complexity index is 1040. The van der Waals surface area contributed by atoms with E-state index in [0.717, 1.165) is 23.3 Å². The molecule has 11 heteroatoms. The summed E-state index contributed by atoms with van der Waals surface area (Å²) in [7, 11) is 2.58. The molecule has 0 spiro atoms. The second kappa shape index (κ2) is 10.1. The standard InChI is InChI=1S/C20H21N3O8/c1-11-5-6-14(12(2)7-11)21-20(26)22-18(24)10-31-19(25)13-8-16(29-3)17(30-4)9-15(13)23(27)28/h5-9H,10H2,1-4H3,(H2,21,22,24,26). The highest BCUT2D eigenvalue weighted by molar-refractivity contribution is 6.03. The summed E-state index contributed by atoms with van der Waals surface area (Å²) in [6.07, 6.45) is 0. The van der Waals surface area contributed by atoms with Crippen molar-refractivity contribution in [2.45, 2.75) is 13.8 Å². The van der Waals surface area contributed by atoms with Crippen LogP contribution in [-0.2, 0) is 9.53 Å². The third-order valence-corrected chi connectivity index (χ3v) is 4.14. The van der Waals surface area contributed by atoms with Gasteiger partial charge in [-0.15, -0.1) is 0 Å². The Kier molecular flexibility index (Phi) is 7.50. The third kappa shape index (κ3) is 5.92. The Morgan fingerprint density at radius 3 is 2.26 bits per heavy atom. The summed E-state index contributed by atoms with van der Waals surface area (Å²) in [6, 6.07) is 6.60. The Morgan fingerprint density at radius 2 is 1.68 bits per heavy atom. The average Bonchev–Trinajstić information content (AvgIpc) is 2.72. The molecule has 0 aliphatic heterocycles. The lowest BCUT2D eigenvalue weighted by molar-refractivity contribution is -0.385. The number of esters is 1. The zero-order valence-electron chi connectivity index (χ0n) is 17.3. The zero-order valence-corrected chi connectivity index (χ0v) is 17.3. The molecule has 0 aromatic heterocycles. The van der Waals surface area contributed by atoms with Crippen molar-refractivity contribution < 1.29 is 33.5 Å². The molecule has 0 bridgehead atoms. The van der Waals surface area contributed by atoms with E-state index in [1.165, 1.54) is 14.2 Å². The van der Waals surface area contributed by atoms with E-state index in [2.05, 4.69) is 5.32 Å². The number of ether oxygens (including phenoxy) is 3. The second-order valence-electron chi connectivity index (χ2n) is 6.38. The minimum atomic E-state index is -1.14. The van der Waals surface area contributed by atoms with E-state index in [-0.39, 0.29) is 11.5 Å². The minimum absolute atomic E-state index is 0.0477. The van der Waals surface area contributed by atoms with Gasteiger partial charge >= 0.3 is 12.0 Å². The van der Waals surface area contributed by atoms with E-state index in [9.17, 15) is 24.5 Å². The number of aryl methyl sites for hydroxylation is 2. The van der Waals surface area contributed by atoms with Gasteiger partial charge in [0.1, 0.15) is 5.56 Å². The number of benzene rings is 2. The van der Waals surface area contributed by atoms with Crippen molar-refractivity contribution in [3.05, 3.63) is 57.1 Å². The van der Waals surface area contributed by atoms with Crippen molar-refractivity contribution in [3.63, 3.8) is 0 Å². The van der Waals surface area contributed by atoms with E-state index in [1.807, 2.05) is 18.3 Å². The van der Waals surface area contributed by atoms with E-state index in [0.29, 0.717) is 5.69 Å². The quantitative estimate of drug-likeness (QED) is 0.386. The van der Waals surface area contributed by atoms with Gasteiger partial charge in [-0.05, 0) is 25.5 Å². The summed E-state index contributed by atoms with van der Waals surface area (Å²) in [4.78, 5) is 46.7. The number of hydrogen-bond acceptors (Lipinski definition) is 8. The van der Waals surface area contributed by atoms with Crippen LogP contribution in [0, 0.1) is 24.0 Å². The fourth-order valence-electron chi connectivity index (χ4n) is 2.66. The normalized spacial score (nSPS) is 10.1. The number of carbonyl (C=O) groups is 3. The van der Waals surface area contributed by atoms with Crippen molar-refractivity contribution in [2.24, 2.45) is 0 Å². The molecule has 2 aromatic carbocycles. The van der Waals surface area contributed by atoms with Crippen LogP contribution in [0.3, 0.4) is 0 Å². The predicted molar refractivity (Wildman–Crippen MR) is 110 cm³/mol. The first-order chi connectivity index (χ1) is 14.7. The molecular formula is C20H21N3O8. The molecular weight excluding hydrogens is 410 g/mol. The minimum Gasteiger partial charge on any atom is -0.493 e. The number of anilines is 1. The maximum atomic E-state index is 12.3. The van der Waals surface area contributed by atoms with Crippen LogP contribution >= 0.6 is 0 Å². The van der Waals surface area contributed by atoms with E-state index < -0.39 is 40.7 Å². The van der Waals surface area contributed by atoms with Crippen LogP contribution in [0.2, 0.25) is 0 Å². The SMILES string of the molecule is COc1cc(C(=O)OCC(=O)NC(=O)Nc2ccc(C)cc2C)c([N+](=O)[O-])cc1OC. The predicted octanol–water partition coefficient (Wildman–Crippen LogP) is 2.73. The van der Waals surface area contributed by atoms with Gasteiger partial charge in [0.05, 0.1) is 25.2 Å². The third-order valence-electron chi connectivity index (χ3n) is 4.14. The molecule has 0 aliphatic carbocycles. The summed E-state index contributed by atoms with van der Waals surface area (Å²) in [5.74, 6) is -1.94. The van der Waals surface area contributed by atoms with Crippen molar-refractivity contribution in [1.29, 1.82) is 0 Å². The molecule has 3 amide bonds. The van der Waals surface area contributed by atoms with Crippen molar-refractivity contribution in [2.75, 3.05) is 26.1 Å². The molecule has 164 valence electrons. The van der Waals surface area contributed by atoms with Crippen LogP contribution in [0.25, 0.3) is 0 Å². The molecule has 0 unspecified atom stereocenters. The lowest BCUT2D eigenvalue weighted by atomic mass is 10.1. The van der Waals surface area contributed by atoms with Crippen LogP contribution < -0.4 is 20.1 Å². The summed E-state index contributed by atoms with van der Waals surface area (Å²) in [5.41, 5.74) is 1.30. The Hall–Kier alpha value is -4.15. The summed E-state index contributed by atoms with van der Waals surface area (Å²) >= 11 is 0. The number of imide groups is 1. The molecule has 31 heavy (non-hydrogen) atoms. The lowest BCUT2D eigenvalue weighted by Crippen LogP contribution is -2.37. The lowest BCUT2D eigenvalue weighted by Gasteiger charge is -2.11. The smallest absolute Gasteiger partial charge is 0.345 e. The van der Waals surface area contributed by atoms with Gasteiger partial charge < -0.3 is 19.5 Å². The number of nitrogens with zero attached hydrogens (tertiary/aromatic N) is 1. The maximum absolute atomic E-state index is 12.3. The topological polar surface area (TPSA) is 146 Å². The fraction of sp³-hybridized carbons (Fsp3) is 0.250. The van der Waals surface area contributed by atoms with E-state index in [1.54, 1.807) is 19.1 Å². The average molecular weight is 431 g/mol. The van der Waals surface area contributed by atoms with Gasteiger partial charge in [-0.2, -0.15) is 0 Å². The van der Waals surface area contributed by atoms with Gasteiger partial charge in [0.15, 0.2) is 18.1 Å². The van der Waals surface area contributed by atoms with Gasteiger partial charge in [-0.3, -0.25) is 20.2 Å². The van der Waals surface area contributed by atoms with Gasteiger partial charge in [-0.25, -0.2) is 9.59 Å². The highest BCUT2D eigenvalue weighted by Crippen LogP contribution is 2.34. The number of urea groups is 1. The first-order valence-corrected chi connectivity index (χ1v) is 8.91. The van der Waals surface area contributed by atoms with Crippen LogP contribution in [0.5, 0.6) is 11.5 Å². The van der Waals surface area contributed by atoms with E-state index in [4.69, 9.17) is 14.2 Å². The molecule has 0 fully saturated rings. The van der Waals surface area contributed by atoms with Crippen molar-refractivity contribution in [1.82, 2.24) is 5.32 Å². The van der Waals surface area contributed by atoms with Crippen LogP contribution in [0.4, 0.5) is 16.2 Å². The summed E-state index contributed by atoms with van der Waals surface area (Å²) in [6.45, 7) is 2.87. The molecule has 2 aromatic rings. The van der Waals surface area contributed by atoms with E-state index >= 15 is 0 Å². The first-order valence-electron chi connectivity index (χ1n) is 8.91. The molecule has 0 saturated heterocycles. The zero-order chi connectivity index (χ0) is 23.1. The maximum Gasteiger partial charge on any atom is 0.345 e. The van der Waals surface area contributed by atoms with Crippen LogP contribution in [0.1, 0.15) is 21.5 Å². The van der Waals surface area contributed by atoms with Crippen molar-refractivity contribution in [3.8, 4) is 11.5 Å². The number of carbonyl (C=O) groups excluding carboxylic acids is 3. The number of nitro benzene ring substituents is 1. The number of hydrogen-bond donors (Lipinski definition) is 2. The molecule has 0 saturated carbocycles. The Morgan fingerprint density at radius 1 is 1.03 bits per heavy atom. The van der Waals surface area contributed by atoms with Gasteiger partial charge in [0.2, 0.25) is 0 Å². The van der Waals surface area contributed by atoms with Crippen LogP contribution in [0.15, 0.2) is 30.3 Å². The number of rotatable bonds is 7. The molecule has 0 heterocycles. The number of nitro groups is 1. The van der Waals surface area contributed by atoms with Gasteiger partial charge in [0.25, 0.3) is 11.6 Å². The Labute approximate surface area is 177 Å². The van der Waals surface area contributed by atoms with Gasteiger partial charge in [0, 0.05) is 11.8 Å². The molecule has 0 aliphatic rings. The first kappa shape index (κ1) is 23.1. The highest BCUT2D eigenvalue weighted by atomic mass is 16.6. The number of methoxy groups -OCH3 is 2. The molecule has 11 nitrogen and oxygen atoms in total. The number of nitrogens with one attached hydrogen (secondary N) is 2. The van der Waals surface area contributed by atoms with Gasteiger partial charge in [-0.1, -0.05) is 17.7 Å². The fourth-order valence-corrected chi connectivity index (χ4v) is 2.66. The number of amides is 3. The molecule has 2 rings (SSSR count). The summed E-state index contributed by atoms with van der Waals surface area (Å²) in [5, 5.41) is 15.8. The van der Waals surface area contributed by atoms with Crippen molar-refractivity contribution >= 4 is 29.3 Å². The monoisotopic (exact) mass is 431 g/mol. The van der Waals surface area contributed by atoms with Crippen LogP contribution in [-0.4, -0.2) is 43.7 Å². The largest absolute Gasteiger partial charge is 0.493 e. The summed E-state index contributed by atoms with van der Waals surface area (Å²) < 4.78 is 14.8. The molecule has 0 radical (unpaired) electrons.